The summed E-state index contributed by atoms with van der Waals surface area (Å²) < 4.78 is 5.33. The lowest BCUT2D eigenvalue weighted by Gasteiger charge is -2.10. The highest BCUT2D eigenvalue weighted by atomic mass is 79.9. The lowest BCUT2D eigenvalue weighted by atomic mass is 10.1. The highest BCUT2D eigenvalue weighted by Gasteiger charge is 2.19. The van der Waals surface area contributed by atoms with E-state index < -0.39 is 11.9 Å². The molecular formula is C23H20BrN3O6. The topological polar surface area (TPSA) is 142 Å². The number of halogens is 1. The van der Waals surface area contributed by atoms with Crippen LogP contribution in [0.4, 0.5) is 0 Å². The first kappa shape index (κ1) is 23.7. The van der Waals surface area contributed by atoms with Crippen LogP contribution in [0.1, 0.15) is 43.3 Å². The number of rotatable bonds is 7. The minimum atomic E-state index is -1.33. The summed E-state index contributed by atoms with van der Waals surface area (Å²) in [6.45, 7) is 3.50. The van der Waals surface area contributed by atoms with Gasteiger partial charge in [-0.15, -0.1) is 0 Å². The number of nitrogens with zero attached hydrogens (tertiary/aromatic N) is 1. The fraction of sp³-hybridized carbons (Fsp3) is 0.130. The first-order valence-corrected chi connectivity index (χ1v) is 10.5. The molecule has 0 unspecified atom stereocenters. The average molecular weight is 514 g/mol. The number of hydrogen-bond acceptors (Lipinski definition) is 6. The predicted molar refractivity (Wildman–Crippen MR) is 122 cm³/mol. The number of nitrogens with one attached hydrogen (secondary N) is 2. The quantitative estimate of drug-likeness (QED) is 0.354. The van der Waals surface area contributed by atoms with Gasteiger partial charge in [-0.1, -0.05) is 17.3 Å². The highest BCUT2D eigenvalue weighted by Crippen LogP contribution is 2.21. The molecule has 170 valence electrons. The molecule has 0 saturated heterocycles. The van der Waals surface area contributed by atoms with E-state index in [1.54, 1.807) is 32.0 Å². The second-order valence-electron chi connectivity index (χ2n) is 7.10. The summed E-state index contributed by atoms with van der Waals surface area (Å²) >= 11 is 3.27. The Hall–Kier alpha value is -3.92. The van der Waals surface area contributed by atoms with Crippen LogP contribution in [-0.2, 0) is 11.3 Å². The molecule has 0 bridgehead atoms. The zero-order chi connectivity index (χ0) is 24.1. The largest absolute Gasteiger partial charge is 0.508 e. The number of phenols is 1. The number of aryl methyl sites for hydroxylation is 2. The Morgan fingerprint density at radius 3 is 2.48 bits per heavy atom. The summed E-state index contributed by atoms with van der Waals surface area (Å²) in [6, 6.07) is 10.8. The van der Waals surface area contributed by atoms with Gasteiger partial charge < -0.3 is 25.4 Å². The second-order valence-corrected chi connectivity index (χ2v) is 7.96. The maximum atomic E-state index is 12.7. The van der Waals surface area contributed by atoms with E-state index in [0.717, 1.165) is 5.56 Å². The van der Waals surface area contributed by atoms with Gasteiger partial charge in [0.05, 0.1) is 11.3 Å². The average Bonchev–Trinajstić information content (AvgIpc) is 3.08. The molecule has 0 saturated carbocycles. The molecule has 4 N–H and O–H groups in total. The summed E-state index contributed by atoms with van der Waals surface area (Å²) in [5, 5.41) is 27.9. The van der Waals surface area contributed by atoms with Crippen molar-refractivity contribution in [3.63, 3.8) is 0 Å². The van der Waals surface area contributed by atoms with Crippen molar-refractivity contribution in [2.75, 3.05) is 0 Å². The molecule has 0 atom stereocenters. The number of hydrogen-bond donors (Lipinski definition) is 4. The van der Waals surface area contributed by atoms with Gasteiger partial charge in [0.2, 0.25) is 0 Å². The van der Waals surface area contributed by atoms with E-state index in [1.807, 2.05) is 0 Å². The van der Waals surface area contributed by atoms with Gasteiger partial charge in [0.25, 0.3) is 11.8 Å². The number of phenolic OH excluding ortho intramolecular Hbond substituents is 1. The number of aromatic hydroxyl groups is 1. The van der Waals surface area contributed by atoms with E-state index in [-0.39, 0.29) is 29.5 Å². The Kier molecular flexibility index (Phi) is 7.29. The lowest BCUT2D eigenvalue weighted by Crippen LogP contribution is -2.28. The van der Waals surface area contributed by atoms with Gasteiger partial charge in [-0.3, -0.25) is 9.59 Å². The number of carbonyl (C=O) groups excluding carboxylic acids is 2. The first-order chi connectivity index (χ1) is 15.7. The smallest absolute Gasteiger partial charge is 0.352 e. The monoisotopic (exact) mass is 513 g/mol. The van der Waals surface area contributed by atoms with E-state index in [0.29, 0.717) is 27.1 Å². The van der Waals surface area contributed by atoms with Crippen LogP contribution < -0.4 is 10.6 Å². The molecule has 0 aliphatic rings. The number of aromatic nitrogens is 1. The van der Waals surface area contributed by atoms with Crippen LogP contribution in [0, 0.1) is 13.8 Å². The van der Waals surface area contributed by atoms with Gasteiger partial charge in [-0.25, -0.2) is 4.79 Å². The molecule has 1 heterocycles. The van der Waals surface area contributed by atoms with Crippen LogP contribution in [0.2, 0.25) is 0 Å². The molecular weight excluding hydrogens is 494 g/mol. The summed E-state index contributed by atoms with van der Waals surface area (Å²) in [5.41, 5.74) is 1.76. The molecule has 1 aromatic heterocycles. The van der Waals surface area contributed by atoms with Gasteiger partial charge in [0.1, 0.15) is 17.2 Å². The van der Waals surface area contributed by atoms with Crippen LogP contribution in [0.3, 0.4) is 0 Å². The third kappa shape index (κ3) is 5.86. The van der Waals surface area contributed by atoms with Crippen molar-refractivity contribution in [3.8, 4) is 5.75 Å². The molecule has 33 heavy (non-hydrogen) atoms. The molecule has 9 nitrogen and oxygen atoms in total. The minimum Gasteiger partial charge on any atom is -0.508 e. The Bertz CT molecular complexity index is 1250. The van der Waals surface area contributed by atoms with E-state index in [2.05, 4.69) is 31.7 Å². The Morgan fingerprint density at radius 1 is 1.12 bits per heavy atom. The molecule has 0 radical (unpaired) electrons. The molecule has 0 aliphatic carbocycles. The highest BCUT2D eigenvalue weighted by molar-refractivity contribution is 9.10. The summed E-state index contributed by atoms with van der Waals surface area (Å²) in [7, 11) is 0. The van der Waals surface area contributed by atoms with E-state index in [9.17, 15) is 24.6 Å². The van der Waals surface area contributed by atoms with Crippen molar-refractivity contribution < 1.29 is 29.1 Å². The number of amides is 2. The van der Waals surface area contributed by atoms with Crippen LogP contribution in [-0.4, -0.2) is 33.2 Å². The second kappa shape index (κ2) is 10.1. The van der Waals surface area contributed by atoms with Crippen molar-refractivity contribution in [2.45, 2.75) is 20.4 Å². The normalized spacial score (nSPS) is 11.2. The minimum absolute atomic E-state index is 0.101. The summed E-state index contributed by atoms with van der Waals surface area (Å²) in [4.78, 5) is 36.8. The summed E-state index contributed by atoms with van der Waals surface area (Å²) in [5.74, 6) is -1.86. The van der Waals surface area contributed by atoms with Crippen molar-refractivity contribution in [1.82, 2.24) is 15.8 Å². The van der Waals surface area contributed by atoms with Crippen LogP contribution >= 0.6 is 15.9 Å². The number of carboxylic acid groups (broad SMARTS) is 1. The third-order valence-electron chi connectivity index (χ3n) is 4.70. The SMILES string of the molecule is Cc1noc(C)c1C=C(NC(=O)c1ccc(C(=O)NCc2cccc(O)c2)cc1Br)C(=O)O. The first-order valence-electron chi connectivity index (χ1n) is 9.70. The molecule has 2 aromatic carbocycles. The Balaban J connectivity index is 1.73. The van der Waals surface area contributed by atoms with Crippen LogP contribution in [0.5, 0.6) is 5.75 Å². The van der Waals surface area contributed by atoms with Crippen LogP contribution in [0.25, 0.3) is 6.08 Å². The van der Waals surface area contributed by atoms with Gasteiger partial charge in [-0.2, -0.15) is 0 Å². The van der Waals surface area contributed by atoms with E-state index in [4.69, 9.17) is 4.52 Å². The summed E-state index contributed by atoms with van der Waals surface area (Å²) in [6.07, 6.45) is 1.28. The third-order valence-corrected chi connectivity index (χ3v) is 5.35. The Labute approximate surface area is 197 Å². The molecule has 0 aliphatic heterocycles. The molecule has 10 heteroatoms. The molecule has 2 amide bonds. The zero-order valence-electron chi connectivity index (χ0n) is 17.7. The Morgan fingerprint density at radius 2 is 1.88 bits per heavy atom. The van der Waals surface area contributed by atoms with Crippen molar-refractivity contribution in [2.24, 2.45) is 0 Å². The molecule has 3 aromatic rings. The number of carbonyl (C=O) groups is 3. The maximum Gasteiger partial charge on any atom is 0.352 e. The van der Waals surface area contributed by atoms with Gasteiger partial charge in [0, 0.05) is 22.1 Å². The van der Waals surface area contributed by atoms with E-state index >= 15 is 0 Å². The standard InChI is InChI=1S/C23H20BrN3O6/c1-12-18(13(2)33-27-12)10-20(23(31)32)26-22(30)17-7-6-15(9-19(17)24)21(29)25-11-14-4-3-5-16(28)8-14/h3-10,28H,11H2,1-2H3,(H,25,29)(H,26,30)(H,31,32). The number of benzene rings is 2. The van der Waals surface area contributed by atoms with Crippen molar-refractivity contribution in [1.29, 1.82) is 0 Å². The van der Waals surface area contributed by atoms with E-state index in [1.165, 1.54) is 30.3 Å². The number of aliphatic carboxylic acids is 1. The van der Waals surface area contributed by atoms with Crippen molar-refractivity contribution >= 4 is 39.8 Å². The lowest BCUT2D eigenvalue weighted by molar-refractivity contribution is -0.132. The molecule has 3 rings (SSSR count). The van der Waals surface area contributed by atoms with Gasteiger partial charge >= 0.3 is 5.97 Å². The fourth-order valence-corrected chi connectivity index (χ4v) is 3.53. The molecule has 0 spiro atoms. The van der Waals surface area contributed by atoms with Crippen molar-refractivity contribution in [3.05, 3.63) is 86.3 Å². The fourth-order valence-electron chi connectivity index (χ4n) is 2.97. The predicted octanol–water partition coefficient (Wildman–Crippen LogP) is 3.55. The zero-order valence-corrected chi connectivity index (χ0v) is 19.3. The van der Waals surface area contributed by atoms with Crippen LogP contribution in [0.15, 0.2) is 57.2 Å². The van der Waals surface area contributed by atoms with Gasteiger partial charge in [-0.05, 0) is 71.7 Å². The number of carboxylic acids is 1. The van der Waals surface area contributed by atoms with Gasteiger partial charge in [0.15, 0.2) is 0 Å². The molecule has 0 fully saturated rings. The maximum absolute atomic E-state index is 12.7.